The summed E-state index contributed by atoms with van der Waals surface area (Å²) in [5.41, 5.74) is 1.75. The molecule has 2 aromatic heterocycles. The van der Waals surface area contributed by atoms with Crippen molar-refractivity contribution >= 4 is 11.6 Å². The summed E-state index contributed by atoms with van der Waals surface area (Å²) in [5, 5.41) is 11.3. The van der Waals surface area contributed by atoms with E-state index in [-0.39, 0.29) is 0 Å². The molecule has 4 nitrogen and oxygen atoms in total. The highest BCUT2D eigenvalue weighted by Crippen LogP contribution is 2.23. The monoisotopic (exact) mass is 182 g/mol. The molecule has 0 saturated carbocycles. The Bertz CT molecular complexity index is 390. The van der Waals surface area contributed by atoms with E-state index in [2.05, 4.69) is 15.3 Å². The van der Waals surface area contributed by atoms with Gasteiger partial charge in [0.2, 0.25) is 0 Å². The second kappa shape index (κ2) is 2.64. The summed E-state index contributed by atoms with van der Waals surface area (Å²) < 4.78 is 1.71. The number of hydrogen-bond acceptors (Lipinski definition) is 2. The van der Waals surface area contributed by atoms with Crippen LogP contribution in [0.4, 0.5) is 0 Å². The summed E-state index contributed by atoms with van der Waals surface area (Å²) >= 11 is 5.85. The summed E-state index contributed by atoms with van der Waals surface area (Å²) in [5.74, 6) is 0. The number of halogens is 1. The van der Waals surface area contributed by atoms with Crippen LogP contribution in [0.5, 0.6) is 0 Å². The van der Waals surface area contributed by atoms with Crippen LogP contribution in [-0.4, -0.2) is 20.0 Å². The van der Waals surface area contributed by atoms with Gasteiger partial charge in [0.1, 0.15) is 0 Å². The number of nitrogens with one attached hydrogen (secondary N) is 1. The van der Waals surface area contributed by atoms with E-state index in [9.17, 15) is 0 Å². The fourth-order valence-electron chi connectivity index (χ4n) is 1.02. The lowest BCUT2D eigenvalue weighted by atomic mass is 10.3. The number of aromatic nitrogens is 4. The van der Waals surface area contributed by atoms with Crippen molar-refractivity contribution in [3.05, 3.63) is 23.6 Å². The molecule has 0 fully saturated rings. The first-order valence-electron chi connectivity index (χ1n) is 3.45. The van der Waals surface area contributed by atoms with Crippen LogP contribution >= 0.6 is 11.6 Å². The Labute approximate surface area is 74.2 Å². The van der Waals surface area contributed by atoms with E-state index in [1.54, 1.807) is 17.1 Å². The zero-order valence-electron chi connectivity index (χ0n) is 6.45. The molecule has 0 spiro atoms. The molecule has 0 bridgehead atoms. The van der Waals surface area contributed by atoms with Crippen LogP contribution in [0.25, 0.3) is 11.3 Å². The number of aryl methyl sites for hydroxylation is 1. The lowest BCUT2D eigenvalue weighted by Gasteiger charge is -1.89. The SMILES string of the molecule is Cn1cc(-c2[nH]ncc2Cl)cn1. The van der Waals surface area contributed by atoms with Gasteiger partial charge in [-0.25, -0.2) is 0 Å². The quantitative estimate of drug-likeness (QED) is 0.726. The van der Waals surface area contributed by atoms with E-state index in [0.29, 0.717) is 5.02 Å². The van der Waals surface area contributed by atoms with Crippen LogP contribution in [0.3, 0.4) is 0 Å². The molecule has 2 aromatic rings. The molecule has 2 heterocycles. The Morgan fingerprint density at radius 3 is 2.83 bits per heavy atom. The van der Waals surface area contributed by atoms with Crippen molar-refractivity contribution in [1.29, 1.82) is 0 Å². The fourth-order valence-corrected chi connectivity index (χ4v) is 1.22. The van der Waals surface area contributed by atoms with E-state index in [4.69, 9.17) is 11.6 Å². The van der Waals surface area contributed by atoms with E-state index in [0.717, 1.165) is 11.3 Å². The summed E-state index contributed by atoms with van der Waals surface area (Å²) in [6.07, 6.45) is 5.18. The van der Waals surface area contributed by atoms with Crippen LogP contribution in [0.2, 0.25) is 5.02 Å². The molecule has 62 valence electrons. The van der Waals surface area contributed by atoms with Gasteiger partial charge in [0.25, 0.3) is 0 Å². The molecule has 0 aliphatic rings. The third-order valence-corrected chi connectivity index (χ3v) is 1.87. The minimum absolute atomic E-state index is 0.614. The van der Waals surface area contributed by atoms with Gasteiger partial charge in [0.05, 0.1) is 23.1 Å². The molecule has 0 aliphatic carbocycles. The van der Waals surface area contributed by atoms with E-state index < -0.39 is 0 Å². The first kappa shape index (κ1) is 7.36. The largest absolute Gasteiger partial charge is 0.276 e. The van der Waals surface area contributed by atoms with Crippen molar-refractivity contribution in [3.63, 3.8) is 0 Å². The zero-order valence-corrected chi connectivity index (χ0v) is 7.21. The third-order valence-electron chi connectivity index (χ3n) is 1.59. The van der Waals surface area contributed by atoms with Gasteiger partial charge in [-0.3, -0.25) is 9.78 Å². The van der Waals surface area contributed by atoms with Crippen molar-refractivity contribution in [3.8, 4) is 11.3 Å². The van der Waals surface area contributed by atoms with Gasteiger partial charge in [-0.15, -0.1) is 0 Å². The Morgan fingerprint density at radius 2 is 2.33 bits per heavy atom. The van der Waals surface area contributed by atoms with Crippen molar-refractivity contribution in [2.75, 3.05) is 0 Å². The van der Waals surface area contributed by atoms with Crippen LogP contribution in [0, 0.1) is 0 Å². The topological polar surface area (TPSA) is 46.5 Å². The Hall–Kier alpha value is -1.29. The van der Waals surface area contributed by atoms with E-state index in [1.165, 1.54) is 0 Å². The summed E-state index contributed by atoms with van der Waals surface area (Å²) in [6, 6.07) is 0. The van der Waals surface area contributed by atoms with Crippen molar-refractivity contribution in [2.24, 2.45) is 7.05 Å². The van der Waals surface area contributed by atoms with Crippen LogP contribution < -0.4 is 0 Å². The molecule has 5 heteroatoms. The molecule has 1 N–H and O–H groups in total. The standard InChI is InChI=1S/C7H7ClN4/c1-12-4-5(2-10-12)7-6(8)3-9-11-7/h2-4H,1H3,(H,9,11). The maximum absolute atomic E-state index is 5.85. The third kappa shape index (κ3) is 1.10. The number of rotatable bonds is 1. The lowest BCUT2D eigenvalue weighted by Crippen LogP contribution is -1.84. The molecule has 2 rings (SSSR count). The Kier molecular flexibility index (Phi) is 1.62. The maximum atomic E-state index is 5.85. The minimum atomic E-state index is 0.614. The van der Waals surface area contributed by atoms with Gasteiger partial charge < -0.3 is 0 Å². The average Bonchev–Trinajstić information content (AvgIpc) is 2.58. The fraction of sp³-hybridized carbons (Fsp3) is 0.143. The predicted molar refractivity (Wildman–Crippen MR) is 45.8 cm³/mol. The van der Waals surface area contributed by atoms with E-state index >= 15 is 0 Å². The molecule has 12 heavy (non-hydrogen) atoms. The maximum Gasteiger partial charge on any atom is 0.0868 e. The highest BCUT2D eigenvalue weighted by Gasteiger charge is 2.06. The molecule has 0 saturated heterocycles. The predicted octanol–water partition coefficient (Wildman–Crippen LogP) is 1.46. The number of hydrogen-bond donors (Lipinski definition) is 1. The number of nitrogens with zero attached hydrogens (tertiary/aromatic N) is 3. The molecule has 0 unspecified atom stereocenters. The highest BCUT2D eigenvalue weighted by molar-refractivity contribution is 6.32. The second-order valence-electron chi connectivity index (χ2n) is 2.50. The zero-order chi connectivity index (χ0) is 8.55. The van der Waals surface area contributed by atoms with Crippen molar-refractivity contribution in [1.82, 2.24) is 20.0 Å². The lowest BCUT2D eigenvalue weighted by molar-refractivity contribution is 0.768. The Balaban J connectivity index is 2.50. The molecule has 0 aliphatic heterocycles. The second-order valence-corrected chi connectivity index (χ2v) is 2.90. The number of H-pyrrole nitrogens is 1. The smallest absolute Gasteiger partial charge is 0.0868 e. The van der Waals surface area contributed by atoms with Gasteiger partial charge in [0, 0.05) is 18.8 Å². The molecule has 0 aromatic carbocycles. The first-order chi connectivity index (χ1) is 5.77. The van der Waals surface area contributed by atoms with Crippen LogP contribution in [-0.2, 0) is 7.05 Å². The summed E-state index contributed by atoms with van der Waals surface area (Å²) in [6.45, 7) is 0. The van der Waals surface area contributed by atoms with Gasteiger partial charge in [-0.2, -0.15) is 10.2 Å². The molecule has 0 amide bonds. The normalized spacial score (nSPS) is 10.5. The van der Waals surface area contributed by atoms with Crippen LogP contribution in [0.1, 0.15) is 0 Å². The first-order valence-corrected chi connectivity index (χ1v) is 3.83. The summed E-state index contributed by atoms with van der Waals surface area (Å²) in [4.78, 5) is 0. The highest BCUT2D eigenvalue weighted by atomic mass is 35.5. The average molecular weight is 183 g/mol. The van der Waals surface area contributed by atoms with Gasteiger partial charge in [-0.1, -0.05) is 11.6 Å². The van der Waals surface area contributed by atoms with Crippen molar-refractivity contribution in [2.45, 2.75) is 0 Å². The minimum Gasteiger partial charge on any atom is -0.276 e. The molecular formula is C7H7ClN4. The van der Waals surface area contributed by atoms with E-state index in [1.807, 2.05) is 13.2 Å². The molecule has 0 radical (unpaired) electrons. The van der Waals surface area contributed by atoms with Gasteiger partial charge >= 0.3 is 0 Å². The van der Waals surface area contributed by atoms with Gasteiger partial charge in [0.15, 0.2) is 0 Å². The van der Waals surface area contributed by atoms with Crippen LogP contribution in [0.15, 0.2) is 18.6 Å². The Morgan fingerprint density at radius 1 is 1.50 bits per heavy atom. The van der Waals surface area contributed by atoms with Crippen molar-refractivity contribution < 1.29 is 0 Å². The van der Waals surface area contributed by atoms with Gasteiger partial charge in [-0.05, 0) is 0 Å². The number of aromatic amines is 1. The molecular weight excluding hydrogens is 176 g/mol. The summed E-state index contributed by atoms with van der Waals surface area (Å²) in [7, 11) is 1.85. The molecule has 0 atom stereocenters.